The number of carbonyl (C=O) groups is 2. The number of carboxylic acid groups (broad SMARTS) is 1. The standard InChI is InChI=1S/C20H14ClNO4/c21-17-12-14(20(24)25)6-11-18(17)26-16-9-7-15(8-10-16)22-19(23)13-4-2-1-3-5-13/h1-12H,(H,22,23)(H,24,25). The second kappa shape index (κ2) is 7.72. The Morgan fingerprint density at radius 2 is 1.58 bits per heavy atom. The molecule has 5 nitrogen and oxygen atoms in total. The lowest BCUT2D eigenvalue weighted by Gasteiger charge is -2.10. The van der Waals surface area contributed by atoms with Gasteiger partial charge in [-0.05, 0) is 54.6 Å². The second-order valence-electron chi connectivity index (χ2n) is 5.40. The van der Waals surface area contributed by atoms with Crippen molar-refractivity contribution in [2.45, 2.75) is 0 Å². The highest BCUT2D eigenvalue weighted by atomic mass is 35.5. The Morgan fingerprint density at radius 3 is 2.19 bits per heavy atom. The summed E-state index contributed by atoms with van der Waals surface area (Å²) in [4.78, 5) is 23.0. The van der Waals surface area contributed by atoms with Crippen molar-refractivity contribution in [3.63, 3.8) is 0 Å². The zero-order chi connectivity index (χ0) is 18.5. The third-order valence-corrected chi connectivity index (χ3v) is 3.85. The van der Waals surface area contributed by atoms with Gasteiger partial charge in [0.25, 0.3) is 5.91 Å². The van der Waals surface area contributed by atoms with Gasteiger partial charge in [-0.1, -0.05) is 29.8 Å². The number of amides is 1. The van der Waals surface area contributed by atoms with Crippen molar-refractivity contribution in [1.82, 2.24) is 0 Å². The smallest absolute Gasteiger partial charge is 0.335 e. The fourth-order valence-electron chi connectivity index (χ4n) is 2.24. The maximum Gasteiger partial charge on any atom is 0.335 e. The van der Waals surface area contributed by atoms with Gasteiger partial charge in [0.1, 0.15) is 11.5 Å². The van der Waals surface area contributed by atoms with Crippen LogP contribution >= 0.6 is 11.6 Å². The minimum absolute atomic E-state index is 0.0846. The fourth-order valence-corrected chi connectivity index (χ4v) is 2.46. The molecule has 0 heterocycles. The molecule has 0 fully saturated rings. The molecule has 0 spiro atoms. The highest BCUT2D eigenvalue weighted by molar-refractivity contribution is 6.32. The van der Waals surface area contributed by atoms with Crippen LogP contribution in [0.15, 0.2) is 72.8 Å². The van der Waals surface area contributed by atoms with Crippen molar-refractivity contribution in [2.75, 3.05) is 5.32 Å². The van der Waals surface area contributed by atoms with E-state index in [-0.39, 0.29) is 16.5 Å². The molecule has 3 rings (SSSR count). The number of hydrogen-bond acceptors (Lipinski definition) is 3. The molecule has 0 aliphatic carbocycles. The van der Waals surface area contributed by atoms with Gasteiger partial charge in [0.2, 0.25) is 0 Å². The van der Waals surface area contributed by atoms with E-state index in [1.165, 1.54) is 18.2 Å². The molecule has 2 N–H and O–H groups in total. The number of ether oxygens (including phenoxy) is 1. The summed E-state index contributed by atoms with van der Waals surface area (Å²) >= 11 is 6.05. The van der Waals surface area contributed by atoms with Gasteiger partial charge in [-0.15, -0.1) is 0 Å². The highest BCUT2D eigenvalue weighted by Crippen LogP contribution is 2.30. The Labute approximate surface area is 154 Å². The van der Waals surface area contributed by atoms with E-state index >= 15 is 0 Å². The Hall–Kier alpha value is -3.31. The fraction of sp³-hybridized carbons (Fsp3) is 0. The average Bonchev–Trinajstić information content (AvgIpc) is 2.65. The van der Waals surface area contributed by atoms with E-state index in [2.05, 4.69) is 5.32 Å². The summed E-state index contributed by atoms with van der Waals surface area (Å²) in [6.07, 6.45) is 0. The molecule has 0 saturated carbocycles. The van der Waals surface area contributed by atoms with Gasteiger partial charge >= 0.3 is 5.97 Å². The van der Waals surface area contributed by atoms with E-state index in [4.69, 9.17) is 21.4 Å². The topological polar surface area (TPSA) is 75.6 Å². The largest absolute Gasteiger partial charge is 0.478 e. The molecule has 0 aliphatic heterocycles. The zero-order valence-corrected chi connectivity index (χ0v) is 14.2. The number of halogens is 1. The first-order chi connectivity index (χ1) is 12.5. The number of benzene rings is 3. The van der Waals surface area contributed by atoms with Crippen molar-refractivity contribution in [3.05, 3.63) is 88.9 Å². The quantitative estimate of drug-likeness (QED) is 0.659. The van der Waals surface area contributed by atoms with Crippen molar-refractivity contribution >= 4 is 29.2 Å². The van der Waals surface area contributed by atoms with E-state index in [0.717, 1.165) is 0 Å². The van der Waals surface area contributed by atoms with Crippen molar-refractivity contribution < 1.29 is 19.4 Å². The van der Waals surface area contributed by atoms with Crippen LogP contribution in [-0.4, -0.2) is 17.0 Å². The van der Waals surface area contributed by atoms with Crippen LogP contribution in [-0.2, 0) is 0 Å². The molecule has 0 bridgehead atoms. The predicted octanol–water partition coefficient (Wildman–Crippen LogP) is 5.08. The Morgan fingerprint density at radius 1 is 0.885 bits per heavy atom. The van der Waals surface area contributed by atoms with Gasteiger partial charge in [0.15, 0.2) is 0 Å². The molecule has 3 aromatic carbocycles. The van der Waals surface area contributed by atoms with E-state index in [0.29, 0.717) is 22.7 Å². The van der Waals surface area contributed by atoms with E-state index in [1.54, 1.807) is 48.5 Å². The average molecular weight is 368 g/mol. The second-order valence-corrected chi connectivity index (χ2v) is 5.80. The molecule has 0 aliphatic rings. The first kappa shape index (κ1) is 17.5. The van der Waals surface area contributed by atoms with Crippen LogP contribution in [0.25, 0.3) is 0 Å². The number of aromatic carboxylic acids is 1. The maximum absolute atomic E-state index is 12.1. The van der Waals surface area contributed by atoms with Crippen LogP contribution in [0.2, 0.25) is 5.02 Å². The van der Waals surface area contributed by atoms with Crippen LogP contribution in [0, 0.1) is 0 Å². The van der Waals surface area contributed by atoms with Gasteiger partial charge in [-0.25, -0.2) is 4.79 Å². The highest BCUT2D eigenvalue weighted by Gasteiger charge is 2.09. The Bertz CT molecular complexity index is 940. The van der Waals surface area contributed by atoms with Crippen molar-refractivity contribution in [3.8, 4) is 11.5 Å². The number of carbonyl (C=O) groups excluding carboxylic acids is 1. The monoisotopic (exact) mass is 367 g/mol. The van der Waals surface area contributed by atoms with Gasteiger partial charge in [0.05, 0.1) is 10.6 Å². The van der Waals surface area contributed by atoms with Gasteiger partial charge in [-0.2, -0.15) is 0 Å². The first-order valence-electron chi connectivity index (χ1n) is 7.70. The summed E-state index contributed by atoms with van der Waals surface area (Å²) in [5.74, 6) is -0.408. The predicted molar refractivity (Wildman–Crippen MR) is 99.3 cm³/mol. The van der Waals surface area contributed by atoms with Crippen LogP contribution in [0.5, 0.6) is 11.5 Å². The summed E-state index contributed by atoms with van der Waals surface area (Å²) in [5.41, 5.74) is 1.28. The zero-order valence-electron chi connectivity index (χ0n) is 13.5. The molecule has 0 unspecified atom stereocenters. The normalized spacial score (nSPS) is 10.2. The van der Waals surface area contributed by atoms with E-state index in [9.17, 15) is 9.59 Å². The molecule has 6 heteroatoms. The summed E-state index contributed by atoms with van der Waals surface area (Å²) < 4.78 is 5.65. The lowest BCUT2D eigenvalue weighted by molar-refractivity contribution is 0.0696. The molecular weight excluding hydrogens is 354 g/mol. The number of anilines is 1. The molecule has 3 aromatic rings. The van der Waals surface area contributed by atoms with E-state index < -0.39 is 5.97 Å². The molecule has 0 aromatic heterocycles. The van der Waals surface area contributed by atoms with Crippen LogP contribution in [0.4, 0.5) is 5.69 Å². The summed E-state index contributed by atoms with van der Waals surface area (Å²) in [7, 11) is 0. The summed E-state index contributed by atoms with van der Waals surface area (Å²) in [5, 5.41) is 11.9. The molecular formula is C20H14ClNO4. The third kappa shape index (κ3) is 4.20. The number of nitrogens with one attached hydrogen (secondary N) is 1. The molecule has 0 saturated heterocycles. The first-order valence-corrected chi connectivity index (χ1v) is 8.08. The van der Waals surface area contributed by atoms with Crippen LogP contribution in [0.1, 0.15) is 20.7 Å². The van der Waals surface area contributed by atoms with Gasteiger partial charge in [0, 0.05) is 11.3 Å². The lowest BCUT2D eigenvalue weighted by atomic mass is 10.2. The maximum atomic E-state index is 12.1. The minimum atomic E-state index is -1.06. The molecule has 0 atom stereocenters. The van der Waals surface area contributed by atoms with Gasteiger partial charge < -0.3 is 15.2 Å². The number of hydrogen-bond donors (Lipinski definition) is 2. The number of rotatable bonds is 5. The third-order valence-electron chi connectivity index (χ3n) is 3.55. The Balaban J connectivity index is 1.68. The Kier molecular flexibility index (Phi) is 5.20. The molecule has 0 radical (unpaired) electrons. The lowest BCUT2D eigenvalue weighted by Crippen LogP contribution is -2.11. The van der Waals surface area contributed by atoms with Crippen LogP contribution in [0.3, 0.4) is 0 Å². The molecule has 130 valence electrons. The summed E-state index contributed by atoms with van der Waals surface area (Å²) in [6.45, 7) is 0. The van der Waals surface area contributed by atoms with Crippen molar-refractivity contribution in [2.24, 2.45) is 0 Å². The van der Waals surface area contributed by atoms with Crippen LogP contribution < -0.4 is 10.1 Å². The molecule has 1 amide bonds. The summed E-state index contributed by atoms with van der Waals surface area (Å²) in [6, 6.07) is 19.9. The minimum Gasteiger partial charge on any atom is -0.478 e. The number of carboxylic acids is 1. The SMILES string of the molecule is O=C(O)c1ccc(Oc2ccc(NC(=O)c3ccccc3)cc2)c(Cl)c1. The molecule has 26 heavy (non-hydrogen) atoms. The van der Waals surface area contributed by atoms with Gasteiger partial charge in [-0.3, -0.25) is 4.79 Å². The van der Waals surface area contributed by atoms with Crippen molar-refractivity contribution in [1.29, 1.82) is 0 Å². The van der Waals surface area contributed by atoms with E-state index in [1.807, 2.05) is 6.07 Å².